The first-order chi connectivity index (χ1) is 8.77. The van der Waals surface area contributed by atoms with E-state index in [1.165, 1.54) is 5.56 Å². The van der Waals surface area contributed by atoms with Gasteiger partial charge in [0.25, 0.3) is 0 Å². The third-order valence-corrected chi connectivity index (χ3v) is 3.18. The van der Waals surface area contributed by atoms with Gasteiger partial charge in [0.05, 0.1) is 29.2 Å². The lowest BCUT2D eigenvalue weighted by Gasteiger charge is -2.19. The first-order valence-electron chi connectivity index (χ1n) is 6.59. The molecule has 2 heterocycles. The Labute approximate surface area is 114 Å². The van der Waals surface area contributed by atoms with Crippen molar-refractivity contribution in [3.05, 3.63) is 29.8 Å². The van der Waals surface area contributed by atoms with Gasteiger partial charge in [-0.25, -0.2) is 0 Å². The van der Waals surface area contributed by atoms with Gasteiger partial charge in [-0.1, -0.05) is 0 Å². The quantitative estimate of drug-likeness (QED) is 0.924. The molecule has 2 aromatic heterocycles. The molecular formula is C14H23N5. The largest absolute Gasteiger partial charge is 0.376 e. The average Bonchev–Trinajstić information content (AvgIpc) is 2.84. The Morgan fingerprint density at radius 3 is 2.42 bits per heavy atom. The van der Waals surface area contributed by atoms with Gasteiger partial charge >= 0.3 is 0 Å². The van der Waals surface area contributed by atoms with E-state index >= 15 is 0 Å². The summed E-state index contributed by atoms with van der Waals surface area (Å²) in [4.78, 5) is 0. The Hall–Kier alpha value is -1.78. The summed E-state index contributed by atoms with van der Waals surface area (Å²) < 4.78 is 3.82. The van der Waals surface area contributed by atoms with Crippen molar-refractivity contribution in [3.8, 4) is 0 Å². The van der Waals surface area contributed by atoms with Crippen LogP contribution >= 0.6 is 0 Å². The fourth-order valence-electron chi connectivity index (χ4n) is 2.07. The summed E-state index contributed by atoms with van der Waals surface area (Å²) in [5.74, 6) is 0. The van der Waals surface area contributed by atoms with Crippen LogP contribution in [0.1, 0.15) is 45.0 Å². The van der Waals surface area contributed by atoms with Gasteiger partial charge in [0.2, 0.25) is 0 Å². The van der Waals surface area contributed by atoms with Crippen molar-refractivity contribution in [2.24, 2.45) is 7.05 Å². The Bertz CT molecular complexity index is 559. The van der Waals surface area contributed by atoms with Crippen LogP contribution in [0.5, 0.6) is 0 Å². The molecule has 1 atom stereocenters. The molecule has 0 fully saturated rings. The summed E-state index contributed by atoms with van der Waals surface area (Å²) in [5, 5.41) is 12.2. The Morgan fingerprint density at radius 2 is 1.95 bits per heavy atom. The fraction of sp³-hybridized carbons (Fsp3) is 0.571. The van der Waals surface area contributed by atoms with Gasteiger partial charge in [-0.15, -0.1) is 0 Å². The van der Waals surface area contributed by atoms with Crippen LogP contribution < -0.4 is 5.32 Å². The second-order valence-corrected chi connectivity index (χ2v) is 6.05. The molecule has 5 heteroatoms. The molecule has 2 aromatic rings. The van der Waals surface area contributed by atoms with E-state index in [0.29, 0.717) is 0 Å². The number of nitrogens with one attached hydrogen (secondary N) is 1. The zero-order valence-electron chi connectivity index (χ0n) is 12.6. The van der Waals surface area contributed by atoms with E-state index in [1.807, 2.05) is 24.1 Å². The minimum atomic E-state index is 0.0109. The Morgan fingerprint density at radius 1 is 1.26 bits per heavy atom. The van der Waals surface area contributed by atoms with Crippen LogP contribution in [0.3, 0.4) is 0 Å². The summed E-state index contributed by atoms with van der Waals surface area (Å²) >= 11 is 0. The lowest BCUT2D eigenvalue weighted by Crippen LogP contribution is -2.22. The van der Waals surface area contributed by atoms with E-state index in [1.54, 1.807) is 4.68 Å². The molecule has 0 aliphatic carbocycles. The maximum atomic E-state index is 4.61. The predicted octanol–water partition coefficient (Wildman–Crippen LogP) is 2.85. The van der Waals surface area contributed by atoms with Crippen LogP contribution in [-0.2, 0) is 12.6 Å². The van der Waals surface area contributed by atoms with Crippen LogP contribution in [0.2, 0.25) is 0 Å². The molecule has 0 radical (unpaired) electrons. The molecule has 0 aliphatic heterocycles. The minimum Gasteiger partial charge on any atom is -0.376 e. The first-order valence-corrected chi connectivity index (χ1v) is 6.59. The number of anilines is 1. The van der Waals surface area contributed by atoms with Crippen LogP contribution in [0.25, 0.3) is 0 Å². The third-order valence-electron chi connectivity index (χ3n) is 3.18. The number of aryl methyl sites for hydroxylation is 2. The Kier molecular flexibility index (Phi) is 3.39. The molecule has 0 saturated heterocycles. The number of nitrogens with zero attached hydrogens (tertiary/aromatic N) is 4. The zero-order chi connectivity index (χ0) is 14.2. The summed E-state index contributed by atoms with van der Waals surface area (Å²) in [6.45, 7) is 10.7. The molecule has 104 valence electrons. The number of aromatic nitrogens is 4. The van der Waals surface area contributed by atoms with Gasteiger partial charge < -0.3 is 5.32 Å². The maximum Gasteiger partial charge on any atom is 0.0731 e. The highest BCUT2D eigenvalue weighted by Gasteiger charge is 2.19. The van der Waals surface area contributed by atoms with E-state index in [4.69, 9.17) is 0 Å². The van der Waals surface area contributed by atoms with Gasteiger partial charge in [0.15, 0.2) is 0 Å². The molecule has 2 rings (SSSR count). The van der Waals surface area contributed by atoms with Crippen molar-refractivity contribution >= 4 is 5.69 Å². The second-order valence-electron chi connectivity index (χ2n) is 6.05. The van der Waals surface area contributed by atoms with Crippen molar-refractivity contribution in [1.82, 2.24) is 19.6 Å². The first kappa shape index (κ1) is 13.6. The van der Waals surface area contributed by atoms with E-state index in [-0.39, 0.29) is 11.6 Å². The summed E-state index contributed by atoms with van der Waals surface area (Å²) in [6.07, 6.45) is 5.93. The van der Waals surface area contributed by atoms with Crippen LogP contribution in [0.15, 0.2) is 18.6 Å². The average molecular weight is 261 g/mol. The molecular weight excluding hydrogens is 238 g/mol. The maximum absolute atomic E-state index is 4.61. The van der Waals surface area contributed by atoms with Crippen molar-refractivity contribution in [2.45, 2.75) is 46.2 Å². The highest BCUT2D eigenvalue weighted by Crippen LogP contribution is 2.23. The summed E-state index contributed by atoms with van der Waals surface area (Å²) in [5.41, 5.74) is 3.33. The molecule has 0 amide bonds. The number of rotatable bonds is 3. The monoisotopic (exact) mass is 261 g/mol. The topological polar surface area (TPSA) is 47.7 Å². The van der Waals surface area contributed by atoms with E-state index in [2.05, 4.69) is 56.3 Å². The zero-order valence-corrected chi connectivity index (χ0v) is 12.6. The van der Waals surface area contributed by atoms with Gasteiger partial charge in [-0.2, -0.15) is 10.2 Å². The van der Waals surface area contributed by atoms with Crippen LogP contribution in [0.4, 0.5) is 5.69 Å². The van der Waals surface area contributed by atoms with Crippen molar-refractivity contribution in [3.63, 3.8) is 0 Å². The molecule has 5 nitrogen and oxygen atoms in total. The van der Waals surface area contributed by atoms with E-state index < -0.39 is 0 Å². The number of hydrogen-bond acceptors (Lipinski definition) is 3. The minimum absolute atomic E-state index is 0.0109. The SMILES string of the molecule is Cc1nn(C(C)(C)C)cc1[C@@H](C)Nc1cnn(C)c1. The lowest BCUT2D eigenvalue weighted by molar-refractivity contribution is 0.354. The van der Waals surface area contributed by atoms with E-state index in [9.17, 15) is 0 Å². The molecule has 0 unspecified atom stereocenters. The van der Waals surface area contributed by atoms with Crippen LogP contribution in [-0.4, -0.2) is 19.6 Å². The van der Waals surface area contributed by atoms with Gasteiger partial charge in [-0.05, 0) is 34.6 Å². The molecule has 0 spiro atoms. The lowest BCUT2D eigenvalue weighted by atomic mass is 10.1. The van der Waals surface area contributed by atoms with E-state index in [0.717, 1.165) is 11.4 Å². The molecule has 1 N–H and O–H groups in total. The van der Waals surface area contributed by atoms with Crippen molar-refractivity contribution in [1.29, 1.82) is 0 Å². The van der Waals surface area contributed by atoms with Crippen molar-refractivity contribution in [2.75, 3.05) is 5.32 Å². The smallest absolute Gasteiger partial charge is 0.0731 e. The molecule has 0 aliphatic rings. The molecule has 19 heavy (non-hydrogen) atoms. The number of hydrogen-bond donors (Lipinski definition) is 1. The normalized spacial score (nSPS) is 13.6. The van der Waals surface area contributed by atoms with Crippen molar-refractivity contribution < 1.29 is 0 Å². The standard InChI is InChI=1S/C14H23N5/c1-10(16-12-7-15-18(6)8-12)13-9-19(14(3,4)5)17-11(13)2/h7-10,16H,1-6H3/t10-/m1/s1. The third kappa shape index (κ3) is 2.97. The van der Waals surface area contributed by atoms with Gasteiger partial charge in [0.1, 0.15) is 0 Å². The summed E-state index contributed by atoms with van der Waals surface area (Å²) in [7, 11) is 1.92. The molecule has 0 saturated carbocycles. The highest BCUT2D eigenvalue weighted by atomic mass is 15.3. The fourth-order valence-corrected chi connectivity index (χ4v) is 2.07. The Balaban J connectivity index is 2.19. The van der Waals surface area contributed by atoms with Gasteiger partial charge in [-0.3, -0.25) is 9.36 Å². The van der Waals surface area contributed by atoms with Crippen LogP contribution in [0, 0.1) is 6.92 Å². The van der Waals surface area contributed by atoms with Gasteiger partial charge in [0, 0.05) is 25.0 Å². The molecule has 0 aromatic carbocycles. The molecule has 0 bridgehead atoms. The predicted molar refractivity (Wildman–Crippen MR) is 77.2 cm³/mol. The second kappa shape index (κ2) is 4.72. The summed E-state index contributed by atoms with van der Waals surface area (Å²) in [6, 6.07) is 0.209. The highest BCUT2D eigenvalue weighted by molar-refractivity contribution is 5.41.